The van der Waals surface area contributed by atoms with Crippen LogP contribution in [0.15, 0.2) is 0 Å². The Morgan fingerprint density at radius 2 is 1.95 bits per heavy atom. The number of unbranched alkanes of at least 4 members (excludes halogenated alkanes) is 2. The number of nitrogens with one attached hydrogen (secondary N) is 2. The van der Waals surface area contributed by atoms with Crippen LogP contribution >= 0.6 is 0 Å². The van der Waals surface area contributed by atoms with Crippen LogP contribution in [0.1, 0.15) is 44.9 Å². The van der Waals surface area contributed by atoms with E-state index in [1.54, 1.807) is 7.11 Å². The standard InChI is InChI=1S/C14H26N2O4/c1-20-9-4-2-3-8-15-13(19)16-11-14(6-5-7-14)10-12(17)18/h2-11H2,1H3,(H,17,18)(H2,15,16,19). The summed E-state index contributed by atoms with van der Waals surface area (Å²) >= 11 is 0. The number of carbonyl (C=O) groups excluding carboxylic acids is 1. The summed E-state index contributed by atoms with van der Waals surface area (Å²) in [6.07, 6.45) is 5.92. The Morgan fingerprint density at radius 3 is 2.50 bits per heavy atom. The minimum absolute atomic E-state index is 0.143. The molecule has 0 unspecified atom stereocenters. The van der Waals surface area contributed by atoms with Crippen molar-refractivity contribution in [3.05, 3.63) is 0 Å². The molecule has 0 radical (unpaired) electrons. The molecule has 0 aromatic heterocycles. The predicted octanol–water partition coefficient (Wildman–Crippen LogP) is 1.75. The molecular weight excluding hydrogens is 260 g/mol. The number of carbonyl (C=O) groups is 2. The van der Waals surface area contributed by atoms with Crippen molar-refractivity contribution in [2.75, 3.05) is 26.8 Å². The fourth-order valence-electron chi connectivity index (χ4n) is 2.49. The maximum Gasteiger partial charge on any atom is 0.314 e. The van der Waals surface area contributed by atoms with Crippen molar-refractivity contribution in [1.82, 2.24) is 10.6 Å². The Bertz CT molecular complexity index is 316. The average molecular weight is 286 g/mol. The third-order valence-electron chi connectivity index (χ3n) is 3.88. The normalized spacial score (nSPS) is 16.2. The van der Waals surface area contributed by atoms with E-state index in [4.69, 9.17) is 9.84 Å². The monoisotopic (exact) mass is 286 g/mol. The van der Waals surface area contributed by atoms with Gasteiger partial charge in [-0.3, -0.25) is 4.79 Å². The summed E-state index contributed by atoms with van der Waals surface area (Å²) in [5, 5.41) is 14.5. The Morgan fingerprint density at radius 1 is 1.20 bits per heavy atom. The first-order valence-corrected chi connectivity index (χ1v) is 7.30. The zero-order chi connectivity index (χ0) is 14.8. The molecular formula is C14H26N2O4. The molecule has 1 saturated carbocycles. The highest BCUT2D eigenvalue weighted by molar-refractivity contribution is 5.74. The summed E-state index contributed by atoms with van der Waals surface area (Å²) in [5.41, 5.74) is -0.221. The fraction of sp³-hybridized carbons (Fsp3) is 0.857. The highest BCUT2D eigenvalue weighted by Gasteiger charge is 2.39. The van der Waals surface area contributed by atoms with Gasteiger partial charge in [-0.05, 0) is 37.5 Å². The summed E-state index contributed by atoms with van der Waals surface area (Å²) in [6, 6.07) is -0.201. The maximum atomic E-state index is 11.6. The van der Waals surface area contributed by atoms with Gasteiger partial charge in [0.15, 0.2) is 0 Å². The molecule has 1 aliphatic rings. The van der Waals surface area contributed by atoms with Crippen LogP contribution in [0, 0.1) is 5.41 Å². The number of hydrogen-bond donors (Lipinski definition) is 3. The lowest BCUT2D eigenvalue weighted by atomic mass is 9.66. The van der Waals surface area contributed by atoms with Crippen molar-refractivity contribution in [1.29, 1.82) is 0 Å². The Hall–Kier alpha value is -1.30. The van der Waals surface area contributed by atoms with E-state index in [2.05, 4.69) is 10.6 Å². The summed E-state index contributed by atoms with van der Waals surface area (Å²) in [6.45, 7) is 1.85. The van der Waals surface area contributed by atoms with E-state index < -0.39 is 5.97 Å². The minimum Gasteiger partial charge on any atom is -0.481 e. The van der Waals surface area contributed by atoms with Crippen molar-refractivity contribution < 1.29 is 19.4 Å². The molecule has 0 bridgehead atoms. The van der Waals surface area contributed by atoms with E-state index in [-0.39, 0.29) is 17.9 Å². The van der Waals surface area contributed by atoms with Gasteiger partial charge in [-0.15, -0.1) is 0 Å². The van der Waals surface area contributed by atoms with Gasteiger partial charge in [0.05, 0.1) is 6.42 Å². The topological polar surface area (TPSA) is 87.7 Å². The van der Waals surface area contributed by atoms with Crippen LogP contribution in [0.4, 0.5) is 4.79 Å². The molecule has 6 nitrogen and oxygen atoms in total. The second-order valence-corrected chi connectivity index (χ2v) is 5.59. The lowest BCUT2D eigenvalue weighted by Crippen LogP contribution is -2.46. The highest BCUT2D eigenvalue weighted by atomic mass is 16.5. The fourth-order valence-corrected chi connectivity index (χ4v) is 2.49. The van der Waals surface area contributed by atoms with Crippen LogP contribution in [0.3, 0.4) is 0 Å². The number of aliphatic carboxylic acids is 1. The van der Waals surface area contributed by atoms with Crippen LogP contribution in [-0.2, 0) is 9.53 Å². The number of carboxylic acid groups (broad SMARTS) is 1. The largest absolute Gasteiger partial charge is 0.481 e. The van der Waals surface area contributed by atoms with Gasteiger partial charge in [0.2, 0.25) is 0 Å². The molecule has 6 heteroatoms. The van der Waals surface area contributed by atoms with Gasteiger partial charge < -0.3 is 20.5 Å². The predicted molar refractivity (Wildman–Crippen MR) is 75.7 cm³/mol. The molecule has 0 aliphatic heterocycles. The Kier molecular flexibility index (Phi) is 7.36. The van der Waals surface area contributed by atoms with E-state index in [1.807, 2.05) is 0 Å². The number of carboxylic acids is 1. The first kappa shape index (κ1) is 16.8. The van der Waals surface area contributed by atoms with Crippen LogP contribution < -0.4 is 10.6 Å². The van der Waals surface area contributed by atoms with Gasteiger partial charge in [-0.25, -0.2) is 4.79 Å². The van der Waals surface area contributed by atoms with Gasteiger partial charge >= 0.3 is 12.0 Å². The molecule has 1 rings (SSSR count). The minimum atomic E-state index is -0.787. The van der Waals surface area contributed by atoms with E-state index >= 15 is 0 Å². The summed E-state index contributed by atoms with van der Waals surface area (Å²) < 4.78 is 4.95. The molecule has 0 spiro atoms. The number of hydrogen-bond acceptors (Lipinski definition) is 3. The zero-order valence-corrected chi connectivity index (χ0v) is 12.2. The molecule has 0 aromatic rings. The van der Waals surface area contributed by atoms with Crippen LogP contribution in [0.5, 0.6) is 0 Å². The second-order valence-electron chi connectivity index (χ2n) is 5.59. The first-order valence-electron chi connectivity index (χ1n) is 7.30. The third kappa shape index (κ3) is 6.23. The van der Waals surface area contributed by atoms with Crippen molar-refractivity contribution >= 4 is 12.0 Å². The van der Waals surface area contributed by atoms with Gasteiger partial charge in [-0.1, -0.05) is 6.42 Å². The molecule has 0 heterocycles. The van der Waals surface area contributed by atoms with Gasteiger partial charge in [0.25, 0.3) is 0 Å². The molecule has 1 fully saturated rings. The van der Waals surface area contributed by atoms with Gasteiger partial charge in [0.1, 0.15) is 0 Å². The Labute approximate surface area is 120 Å². The number of rotatable bonds is 10. The van der Waals surface area contributed by atoms with Crippen molar-refractivity contribution in [2.24, 2.45) is 5.41 Å². The van der Waals surface area contributed by atoms with E-state index in [0.717, 1.165) is 45.1 Å². The molecule has 0 saturated heterocycles. The summed E-state index contributed by atoms with van der Waals surface area (Å²) in [5.74, 6) is -0.787. The van der Waals surface area contributed by atoms with Crippen molar-refractivity contribution in [3.8, 4) is 0 Å². The SMILES string of the molecule is COCCCCCNC(=O)NCC1(CC(=O)O)CCC1. The van der Waals surface area contributed by atoms with E-state index in [0.29, 0.717) is 13.1 Å². The first-order chi connectivity index (χ1) is 9.58. The Balaban J connectivity index is 2.08. The quantitative estimate of drug-likeness (QED) is 0.534. The second kappa shape index (κ2) is 8.79. The summed E-state index contributed by atoms with van der Waals surface area (Å²) in [7, 11) is 1.68. The zero-order valence-electron chi connectivity index (χ0n) is 12.2. The van der Waals surface area contributed by atoms with Gasteiger partial charge in [0, 0.05) is 26.8 Å². The van der Waals surface area contributed by atoms with Crippen LogP contribution in [-0.4, -0.2) is 43.9 Å². The third-order valence-corrected chi connectivity index (χ3v) is 3.88. The molecule has 3 N–H and O–H groups in total. The smallest absolute Gasteiger partial charge is 0.314 e. The maximum absolute atomic E-state index is 11.6. The van der Waals surface area contributed by atoms with Gasteiger partial charge in [-0.2, -0.15) is 0 Å². The molecule has 0 aromatic carbocycles. The number of amides is 2. The van der Waals surface area contributed by atoms with Crippen molar-refractivity contribution in [2.45, 2.75) is 44.9 Å². The molecule has 2 amide bonds. The molecule has 0 atom stereocenters. The lowest BCUT2D eigenvalue weighted by molar-refractivity contribution is -0.141. The highest BCUT2D eigenvalue weighted by Crippen LogP contribution is 2.43. The number of methoxy groups -OCH3 is 1. The van der Waals surface area contributed by atoms with Crippen molar-refractivity contribution in [3.63, 3.8) is 0 Å². The van der Waals surface area contributed by atoms with E-state index in [9.17, 15) is 9.59 Å². The average Bonchev–Trinajstić information content (AvgIpc) is 2.36. The molecule has 20 heavy (non-hydrogen) atoms. The van der Waals surface area contributed by atoms with Crippen LogP contribution in [0.25, 0.3) is 0 Å². The molecule has 116 valence electrons. The molecule has 1 aliphatic carbocycles. The number of ether oxygens (including phenoxy) is 1. The number of urea groups is 1. The van der Waals surface area contributed by atoms with E-state index in [1.165, 1.54) is 0 Å². The summed E-state index contributed by atoms with van der Waals surface area (Å²) in [4.78, 5) is 22.4. The lowest BCUT2D eigenvalue weighted by Gasteiger charge is -2.40. The van der Waals surface area contributed by atoms with Crippen LogP contribution in [0.2, 0.25) is 0 Å².